The van der Waals surface area contributed by atoms with E-state index in [1.165, 1.54) is 6.08 Å². The van der Waals surface area contributed by atoms with Crippen molar-refractivity contribution in [2.75, 3.05) is 0 Å². The predicted molar refractivity (Wildman–Crippen MR) is 76.8 cm³/mol. The van der Waals surface area contributed by atoms with Gasteiger partial charge in [-0.1, -0.05) is 38.5 Å². The van der Waals surface area contributed by atoms with Gasteiger partial charge in [0.25, 0.3) is 0 Å². The summed E-state index contributed by atoms with van der Waals surface area (Å²) in [5.74, 6) is -6.42. The molecule has 0 saturated carbocycles. The Kier molecular flexibility index (Phi) is 24.1. The first-order valence-electron chi connectivity index (χ1n) is 7.21. The average Bonchev–Trinajstić information content (AvgIpc) is 2.37. The van der Waals surface area contributed by atoms with Crippen LogP contribution in [-0.2, 0) is 9.59 Å². The largest absolute Gasteiger partial charge is 1.00 e. The van der Waals surface area contributed by atoms with E-state index >= 15 is 0 Å². The van der Waals surface area contributed by atoms with Crippen LogP contribution in [0.3, 0.4) is 0 Å². The summed E-state index contributed by atoms with van der Waals surface area (Å²) in [6, 6.07) is 0. The molecule has 1 unspecified atom stereocenters. The molecule has 0 radical (unpaired) electrons. The van der Waals surface area contributed by atoms with Crippen molar-refractivity contribution in [1.29, 1.82) is 0 Å². The van der Waals surface area contributed by atoms with Crippen molar-refractivity contribution in [2.45, 2.75) is 59.3 Å². The van der Waals surface area contributed by atoms with Crippen LogP contribution in [0.1, 0.15) is 53.4 Å². The molecule has 0 aromatic rings. The minimum Gasteiger partial charge on any atom is -0.550 e. The molecule has 0 aliphatic heterocycles. The fourth-order valence-corrected chi connectivity index (χ4v) is 1.70. The zero-order valence-electron chi connectivity index (χ0n) is 15.5. The second-order valence-electron chi connectivity index (χ2n) is 4.93. The first kappa shape index (κ1) is 32.0. The van der Waals surface area contributed by atoms with Crippen molar-refractivity contribution >= 4 is 11.9 Å². The molecule has 0 spiro atoms. The number of allylic oxidation sites excluding steroid dienone is 2. The third-order valence-electron chi connectivity index (χ3n) is 2.58. The predicted octanol–water partition coefficient (Wildman–Crippen LogP) is -4.15. The van der Waals surface area contributed by atoms with Gasteiger partial charge in [0, 0.05) is 18.3 Å². The van der Waals surface area contributed by atoms with Crippen LogP contribution in [0.15, 0.2) is 23.8 Å². The first-order chi connectivity index (χ1) is 10.1. The summed E-state index contributed by atoms with van der Waals surface area (Å²) in [5.41, 5.74) is 0.255. The second kappa shape index (κ2) is 18.1. The van der Waals surface area contributed by atoms with E-state index in [0.717, 1.165) is 6.92 Å². The molecule has 0 aliphatic rings. The molecule has 0 bridgehead atoms. The second-order valence-corrected chi connectivity index (χ2v) is 4.93. The molecule has 0 aliphatic carbocycles. The van der Waals surface area contributed by atoms with Gasteiger partial charge in [0.2, 0.25) is 5.92 Å². The van der Waals surface area contributed by atoms with Crippen LogP contribution in [0.4, 0.5) is 8.78 Å². The smallest absolute Gasteiger partial charge is 0.550 e. The molecule has 0 aromatic carbocycles. The number of hydrogen-bond donors (Lipinski definition) is 0. The van der Waals surface area contributed by atoms with E-state index in [9.17, 15) is 28.6 Å². The summed E-state index contributed by atoms with van der Waals surface area (Å²) < 4.78 is 24.7. The molecule has 0 saturated heterocycles. The van der Waals surface area contributed by atoms with Gasteiger partial charge in [-0.05, 0) is 32.3 Å². The van der Waals surface area contributed by atoms with E-state index in [2.05, 4.69) is 0 Å². The maximum atomic E-state index is 12.4. The normalized spacial score (nSPS) is 12.3. The Morgan fingerprint density at radius 2 is 1.67 bits per heavy atom. The Bertz CT molecular complexity index is 405. The van der Waals surface area contributed by atoms with Crippen LogP contribution in [-0.4, -0.2) is 17.9 Å². The molecule has 8 heteroatoms. The van der Waals surface area contributed by atoms with Crippen LogP contribution in [0, 0.1) is 5.92 Å². The van der Waals surface area contributed by atoms with E-state index in [1.807, 2.05) is 6.92 Å². The molecule has 0 amide bonds. The van der Waals surface area contributed by atoms with Crippen molar-refractivity contribution in [2.24, 2.45) is 5.92 Å². The van der Waals surface area contributed by atoms with Gasteiger partial charge >= 0.3 is 59.1 Å². The number of carboxylic acid groups (broad SMARTS) is 2. The van der Waals surface area contributed by atoms with Crippen molar-refractivity contribution in [3.05, 3.63) is 23.8 Å². The SMILES string of the molecule is C/C=C\C(=C/CC)C(=O)[O-].CCCC(CC(C)(F)F)C(=O)[O-].[Na+].[Na+]. The minimum atomic E-state index is -2.92. The summed E-state index contributed by atoms with van der Waals surface area (Å²) in [4.78, 5) is 20.6. The van der Waals surface area contributed by atoms with Crippen molar-refractivity contribution in [1.82, 2.24) is 0 Å². The molecule has 24 heavy (non-hydrogen) atoms. The van der Waals surface area contributed by atoms with Gasteiger partial charge in [0.15, 0.2) is 0 Å². The van der Waals surface area contributed by atoms with Gasteiger partial charge in [0.1, 0.15) is 0 Å². The molecular formula is C16H24F2Na2O4. The molecule has 0 N–H and O–H groups in total. The number of alkyl halides is 2. The Morgan fingerprint density at radius 3 is 1.92 bits per heavy atom. The number of rotatable bonds is 8. The number of aliphatic carboxylic acids is 2. The molecule has 4 nitrogen and oxygen atoms in total. The number of hydrogen-bond acceptors (Lipinski definition) is 4. The number of carbonyl (C=O) groups is 2. The summed E-state index contributed by atoms with van der Waals surface area (Å²) in [5, 5.41) is 20.6. The van der Waals surface area contributed by atoms with Gasteiger partial charge in [-0.2, -0.15) is 0 Å². The molecular weight excluding hydrogens is 340 g/mol. The molecule has 128 valence electrons. The molecule has 0 heterocycles. The summed E-state index contributed by atoms with van der Waals surface area (Å²) in [6.07, 6.45) is 5.75. The molecule has 0 fully saturated rings. The van der Waals surface area contributed by atoms with E-state index in [0.29, 0.717) is 12.8 Å². The van der Waals surface area contributed by atoms with Crippen molar-refractivity contribution < 1.29 is 87.7 Å². The number of carbonyl (C=O) groups excluding carboxylic acids is 2. The van der Waals surface area contributed by atoms with Crippen LogP contribution in [0.25, 0.3) is 0 Å². The van der Waals surface area contributed by atoms with E-state index in [4.69, 9.17) is 0 Å². The monoisotopic (exact) mass is 364 g/mol. The van der Waals surface area contributed by atoms with Gasteiger partial charge in [-0.3, -0.25) is 0 Å². The Balaban J connectivity index is -0.000000156. The Morgan fingerprint density at radius 1 is 1.17 bits per heavy atom. The fraction of sp³-hybridized carbons (Fsp3) is 0.625. The maximum Gasteiger partial charge on any atom is 1.00 e. The van der Waals surface area contributed by atoms with Crippen LogP contribution in [0.2, 0.25) is 0 Å². The topological polar surface area (TPSA) is 80.3 Å². The Labute approximate surface area is 187 Å². The van der Waals surface area contributed by atoms with Gasteiger partial charge in [0.05, 0.1) is 5.97 Å². The zero-order chi connectivity index (χ0) is 17.8. The van der Waals surface area contributed by atoms with E-state index in [1.54, 1.807) is 26.0 Å². The van der Waals surface area contributed by atoms with Crippen LogP contribution in [0.5, 0.6) is 0 Å². The summed E-state index contributed by atoms with van der Waals surface area (Å²) >= 11 is 0. The van der Waals surface area contributed by atoms with E-state index < -0.39 is 30.2 Å². The number of halogens is 2. The van der Waals surface area contributed by atoms with Crippen molar-refractivity contribution in [3.8, 4) is 0 Å². The fourth-order valence-electron chi connectivity index (χ4n) is 1.70. The first-order valence-corrected chi connectivity index (χ1v) is 7.21. The van der Waals surface area contributed by atoms with Crippen molar-refractivity contribution in [3.63, 3.8) is 0 Å². The summed E-state index contributed by atoms with van der Waals surface area (Å²) in [6.45, 7) is 6.13. The zero-order valence-corrected chi connectivity index (χ0v) is 19.5. The Hall–Kier alpha value is 0.280. The maximum absolute atomic E-state index is 12.4. The molecule has 1 atom stereocenters. The van der Waals surface area contributed by atoms with Gasteiger partial charge in [-0.25, -0.2) is 8.78 Å². The minimum absolute atomic E-state index is 0. The van der Waals surface area contributed by atoms with Crippen LogP contribution >= 0.6 is 0 Å². The van der Waals surface area contributed by atoms with Gasteiger partial charge in [-0.15, -0.1) is 0 Å². The molecule has 0 rings (SSSR count). The summed E-state index contributed by atoms with van der Waals surface area (Å²) in [7, 11) is 0. The van der Waals surface area contributed by atoms with E-state index in [-0.39, 0.29) is 71.1 Å². The van der Waals surface area contributed by atoms with Gasteiger partial charge < -0.3 is 19.8 Å². The third-order valence-corrected chi connectivity index (χ3v) is 2.58. The molecule has 0 aromatic heterocycles. The average molecular weight is 364 g/mol. The third kappa shape index (κ3) is 20.3. The quantitative estimate of drug-likeness (QED) is 0.249. The number of carboxylic acids is 2. The standard InChI is InChI=1S/C8H14F2O2.C8H12O2.2Na/c1-3-4-6(7(11)12)5-8(2,9)10;1-3-5-7(6-4-2)8(9)10;;/h6H,3-5H2,1-2H3,(H,11,12);3,5-6H,4H2,1-2H3,(H,9,10);;/q;;2*+1/p-2/b;5-3-,7-6+;;. The van der Waals surface area contributed by atoms with Crippen LogP contribution < -0.4 is 69.3 Å².